The molecule has 3 heterocycles. The Kier molecular flexibility index (Phi) is 2.84. The Balaban J connectivity index is 1.68. The highest BCUT2D eigenvalue weighted by molar-refractivity contribution is 5.78. The molecule has 0 bridgehead atoms. The third kappa shape index (κ3) is 2.14. The standard InChI is InChI=1S/C14H15N3O/c18-14(9-12-3-1-2-6-15-12)17-8-5-13-11(10-17)4-7-16-13/h1-4,6-7,16H,5,8-10H2. The van der Waals surface area contributed by atoms with Crippen molar-refractivity contribution in [2.75, 3.05) is 6.54 Å². The molecule has 2 aromatic heterocycles. The summed E-state index contributed by atoms with van der Waals surface area (Å²) in [5.74, 6) is 0.153. The van der Waals surface area contributed by atoms with E-state index in [2.05, 4.69) is 16.0 Å². The zero-order valence-corrected chi connectivity index (χ0v) is 10.1. The third-order valence-electron chi connectivity index (χ3n) is 3.33. The van der Waals surface area contributed by atoms with Gasteiger partial charge in [0.25, 0.3) is 0 Å². The molecule has 0 aromatic carbocycles. The molecular weight excluding hydrogens is 226 g/mol. The molecule has 0 saturated heterocycles. The average molecular weight is 241 g/mol. The first-order valence-electron chi connectivity index (χ1n) is 6.16. The minimum atomic E-state index is 0.153. The van der Waals surface area contributed by atoms with Gasteiger partial charge >= 0.3 is 0 Å². The van der Waals surface area contributed by atoms with Gasteiger partial charge in [0.05, 0.1) is 6.42 Å². The summed E-state index contributed by atoms with van der Waals surface area (Å²) in [6, 6.07) is 7.72. The Morgan fingerprint density at radius 2 is 2.33 bits per heavy atom. The molecule has 0 unspecified atom stereocenters. The number of carbonyl (C=O) groups excluding carboxylic acids is 1. The monoisotopic (exact) mass is 241 g/mol. The fourth-order valence-corrected chi connectivity index (χ4v) is 2.33. The smallest absolute Gasteiger partial charge is 0.228 e. The number of pyridine rings is 1. The number of carbonyl (C=O) groups is 1. The van der Waals surface area contributed by atoms with E-state index in [0.717, 1.165) is 18.7 Å². The first-order chi connectivity index (χ1) is 8.83. The number of amides is 1. The molecule has 0 fully saturated rings. The van der Waals surface area contributed by atoms with Crippen LogP contribution in [-0.4, -0.2) is 27.3 Å². The van der Waals surface area contributed by atoms with Crippen LogP contribution in [0.15, 0.2) is 36.7 Å². The summed E-state index contributed by atoms with van der Waals surface area (Å²) in [5, 5.41) is 0. The molecule has 0 saturated carbocycles. The Morgan fingerprint density at radius 3 is 3.17 bits per heavy atom. The lowest BCUT2D eigenvalue weighted by molar-refractivity contribution is -0.131. The highest BCUT2D eigenvalue weighted by Crippen LogP contribution is 2.17. The maximum atomic E-state index is 12.2. The quantitative estimate of drug-likeness (QED) is 0.867. The van der Waals surface area contributed by atoms with E-state index in [0.29, 0.717) is 13.0 Å². The van der Waals surface area contributed by atoms with Gasteiger partial charge in [-0.1, -0.05) is 6.07 Å². The van der Waals surface area contributed by atoms with Gasteiger partial charge in [0.2, 0.25) is 5.91 Å². The highest BCUT2D eigenvalue weighted by atomic mass is 16.2. The van der Waals surface area contributed by atoms with Crippen LogP contribution in [0.3, 0.4) is 0 Å². The van der Waals surface area contributed by atoms with Gasteiger partial charge < -0.3 is 9.88 Å². The fourth-order valence-electron chi connectivity index (χ4n) is 2.33. The summed E-state index contributed by atoms with van der Waals surface area (Å²) in [6.07, 6.45) is 4.97. The zero-order chi connectivity index (χ0) is 12.4. The third-order valence-corrected chi connectivity index (χ3v) is 3.33. The maximum Gasteiger partial charge on any atom is 0.228 e. The van der Waals surface area contributed by atoms with Crippen molar-refractivity contribution < 1.29 is 4.79 Å². The van der Waals surface area contributed by atoms with Crippen molar-refractivity contribution in [1.29, 1.82) is 0 Å². The lowest BCUT2D eigenvalue weighted by Crippen LogP contribution is -2.36. The van der Waals surface area contributed by atoms with E-state index < -0.39 is 0 Å². The topological polar surface area (TPSA) is 49.0 Å². The highest BCUT2D eigenvalue weighted by Gasteiger charge is 2.21. The van der Waals surface area contributed by atoms with Crippen LogP contribution in [0.1, 0.15) is 17.0 Å². The van der Waals surface area contributed by atoms with Crippen LogP contribution in [-0.2, 0) is 24.2 Å². The number of nitrogens with zero attached hydrogens (tertiary/aromatic N) is 2. The summed E-state index contributed by atoms with van der Waals surface area (Å²) < 4.78 is 0. The van der Waals surface area contributed by atoms with Gasteiger partial charge in [-0.15, -0.1) is 0 Å². The Labute approximate surface area is 106 Å². The molecular formula is C14H15N3O. The first-order valence-corrected chi connectivity index (χ1v) is 6.16. The van der Waals surface area contributed by atoms with Crippen molar-refractivity contribution in [1.82, 2.24) is 14.9 Å². The first kappa shape index (κ1) is 11.0. The lowest BCUT2D eigenvalue weighted by Gasteiger charge is -2.27. The van der Waals surface area contributed by atoms with E-state index >= 15 is 0 Å². The fraction of sp³-hybridized carbons (Fsp3) is 0.286. The normalized spacial score (nSPS) is 14.3. The molecule has 0 aliphatic carbocycles. The Morgan fingerprint density at radius 1 is 1.39 bits per heavy atom. The number of H-pyrrole nitrogens is 1. The van der Waals surface area contributed by atoms with Crippen molar-refractivity contribution in [3.8, 4) is 0 Å². The minimum Gasteiger partial charge on any atom is -0.365 e. The van der Waals surface area contributed by atoms with Crippen LogP contribution in [0.4, 0.5) is 0 Å². The molecule has 1 aliphatic heterocycles. The lowest BCUT2D eigenvalue weighted by atomic mass is 10.1. The van der Waals surface area contributed by atoms with E-state index in [1.54, 1.807) is 6.20 Å². The van der Waals surface area contributed by atoms with E-state index in [4.69, 9.17) is 0 Å². The second kappa shape index (κ2) is 4.64. The maximum absolute atomic E-state index is 12.2. The molecule has 1 N–H and O–H groups in total. The van der Waals surface area contributed by atoms with Crippen molar-refractivity contribution in [3.63, 3.8) is 0 Å². The molecule has 4 nitrogen and oxygen atoms in total. The summed E-state index contributed by atoms with van der Waals surface area (Å²) in [5.41, 5.74) is 3.33. The Hall–Kier alpha value is -2.10. The number of hydrogen-bond acceptors (Lipinski definition) is 2. The number of nitrogens with one attached hydrogen (secondary N) is 1. The number of aromatic nitrogens is 2. The molecule has 0 radical (unpaired) electrons. The van der Waals surface area contributed by atoms with Crippen LogP contribution in [0.2, 0.25) is 0 Å². The zero-order valence-electron chi connectivity index (χ0n) is 10.1. The number of rotatable bonds is 2. The van der Waals surface area contributed by atoms with E-state index in [1.807, 2.05) is 29.3 Å². The van der Waals surface area contributed by atoms with Gasteiger partial charge in [0.15, 0.2) is 0 Å². The number of hydrogen-bond donors (Lipinski definition) is 1. The summed E-state index contributed by atoms with van der Waals surface area (Å²) in [6.45, 7) is 1.50. The SMILES string of the molecule is O=C(Cc1ccccn1)N1CCc2[nH]ccc2C1. The van der Waals surface area contributed by atoms with Crippen LogP contribution in [0.5, 0.6) is 0 Å². The minimum absolute atomic E-state index is 0.153. The van der Waals surface area contributed by atoms with E-state index in [1.165, 1.54) is 11.3 Å². The Bertz CT molecular complexity index is 547. The predicted molar refractivity (Wildman–Crippen MR) is 67.9 cm³/mol. The molecule has 2 aromatic rings. The van der Waals surface area contributed by atoms with Gasteiger partial charge in [0.1, 0.15) is 0 Å². The van der Waals surface area contributed by atoms with Crippen LogP contribution >= 0.6 is 0 Å². The molecule has 0 spiro atoms. The second-order valence-electron chi connectivity index (χ2n) is 4.54. The molecule has 3 rings (SSSR count). The summed E-state index contributed by atoms with van der Waals surface area (Å²) in [4.78, 5) is 21.5. The molecule has 1 amide bonds. The second-order valence-corrected chi connectivity index (χ2v) is 4.54. The molecule has 92 valence electrons. The predicted octanol–water partition coefficient (Wildman–Crippen LogP) is 1.54. The summed E-state index contributed by atoms with van der Waals surface area (Å²) >= 11 is 0. The molecule has 18 heavy (non-hydrogen) atoms. The van der Waals surface area contributed by atoms with Gasteiger partial charge in [-0.3, -0.25) is 9.78 Å². The van der Waals surface area contributed by atoms with Crippen LogP contribution in [0, 0.1) is 0 Å². The average Bonchev–Trinajstić information content (AvgIpc) is 2.87. The van der Waals surface area contributed by atoms with E-state index in [-0.39, 0.29) is 5.91 Å². The van der Waals surface area contributed by atoms with Crippen LogP contribution < -0.4 is 0 Å². The largest absolute Gasteiger partial charge is 0.365 e. The van der Waals surface area contributed by atoms with Gasteiger partial charge in [-0.2, -0.15) is 0 Å². The molecule has 0 atom stereocenters. The van der Waals surface area contributed by atoms with Gasteiger partial charge in [0, 0.05) is 43.3 Å². The van der Waals surface area contributed by atoms with Crippen molar-refractivity contribution >= 4 is 5.91 Å². The van der Waals surface area contributed by atoms with Gasteiger partial charge in [-0.25, -0.2) is 0 Å². The van der Waals surface area contributed by atoms with Crippen LogP contribution in [0.25, 0.3) is 0 Å². The summed E-state index contributed by atoms with van der Waals surface area (Å²) in [7, 11) is 0. The molecule has 1 aliphatic rings. The number of aromatic amines is 1. The van der Waals surface area contributed by atoms with Crippen molar-refractivity contribution in [2.24, 2.45) is 0 Å². The number of fused-ring (bicyclic) bond motifs is 1. The van der Waals surface area contributed by atoms with Gasteiger partial charge in [-0.05, 0) is 23.8 Å². The van der Waals surface area contributed by atoms with Crippen molar-refractivity contribution in [2.45, 2.75) is 19.4 Å². The molecule has 4 heteroatoms. The van der Waals surface area contributed by atoms with Crippen molar-refractivity contribution in [3.05, 3.63) is 53.6 Å². The van der Waals surface area contributed by atoms with E-state index in [9.17, 15) is 4.79 Å².